The van der Waals surface area contributed by atoms with Crippen molar-refractivity contribution in [3.8, 4) is 0 Å². The quantitative estimate of drug-likeness (QED) is 0.621. The summed E-state index contributed by atoms with van der Waals surface area (Å²) in [7, 11) is 0. The molecule has 0 heteroatoms. The van der Waals surface area contributed by atoms with Crippen LogP contribution in [0.5, 0.6) is 0 Å². The number of benzene rings is 1. The lowest BCUT2D eigenvalue weighted by molar-refractivity contribution is 0.258. The highest BCUT2D eigenvalue weighted by Crippen LogP contribution is 2.41. The highest BCUT2D eigenvalue weighted by molar-refractivity contribution is 5.30. The van der Waals surface area contributed by atoms with Crippen molar-refractivity contribution in [3.05, 3.63) is 35.4 Å². The van der Waals surface area contributed by atoms with E-state index in [4.69, 9.17) is 0 Å². The Morgan fingerprint density at radius 1 is 0.778 bits per heavy atom. The van der Waals surface area contributed by atoms with E-state index < -0.39 is 0 Å². The van der Waals surface area contributed by atoms with Gasteiger partial charge < -0.3 is 0 Å². The van der Waals surface area contributed by atoms with E-state index in [1.807, 2.05) is 0 Å². The van der Waals surface area contributed by atoms with Crippen molar-refractivity contribution in [2.75, 3.05) is 0 Å². The Hall–Kier alpha value is -0.780. The second kappa shape index (κ2) is 5.07. The van der Waals surface area contributed by atoms with Crippen molar-refractivity contribution in [2.45, 2.75) is 66.7 Å². The van der Waals surface area contributed by atoms with E-state index in [2.05, 4.69) is 79.7 Å². The Morgan fingerprint density at radius 3 is 1.50 bits per heavy atom. The van der Waals surface area contributed by atoms with Gasteiger partial charge >= 0.3 is 0 Å². The van der Waals surface area contributed by atoms with Gasteiger partial charge in [0.05, 0.1) is 0 Å². The highest BCUT2D eigenvalue weighted by atomic mass is 14.3. The van der Waals surface area contributed by atoms with Gasteiger partial charge in [0.25, 0.3) is 0 Å². The largest absolute Gasteiger partial charge is 0.0622 e. The molecule has 18 heavy (non-hydrogen) atoms. The van der Waals surface area contributed by atoms with Gasteiger partial charge in [-0.2, -0.15) is 0 Å². The van der Waals surface area contributed by atoms with Crippen molar-refractivity contribution in [2.24, 2.45) is 11.3 Å². The lowest BCUT2D eigenvalue weighted by atomic mass is 9.70. The standard InChI is InChI=1S/C18H30/c1-13(2)16(18(6,7)8)14-9-11-15(12-10-14)17(3,4)5/h9-13,16H,1-8H3. The van der Waals surface area contributed by atoms with E-state index >= 15 is 0 Å². The van der Waals surface area contributed by atoms with E-state index in [-0.39, 0.29) is 5.41 Å². The molecule has 1 aromatic rings. The normalized spacial score (nSPS) is 14.9. The summed E-state index contributed by atoms with van der Waals surface area (Å²) in [6, 6.07) is 9.26. The SMILES string of the molecule is CC(C)C(c1ccc(C(C)(C)C)cc1)C(C)(C)C. The van der Waals surface area contributed by atoms with Crippen LogP contribution in [0.3, 0.4) is 0 Å². The minimum absolute atomic E-state index is 0.244. The van der Waals surface area contributed by atoms with Gasteiger partial charge in [-0.1, -0.05) is 79.7 Å². The highest BCUT2D eigenvalue weighted by Gasteiger charge is 2.29. The second-order valence-corrected chi connectivity index (χ2v) is 7.96. The van der Waals surface area contributed by atoms with Crippen molar-refractivity contribution >= 4 is 0 Å². The summed E-state index contributed by atoms with van der Waals surface area (Å²) in [5.74, 6) is 1.29. The molecular formula is C18H30. The van der Waals surface area contributed by atoms with Crippen LogP contribution >= 0.6 is 0 Å². The van der Waals surface area contributed by atoms with Gasteiger partial charge in [0.15, 0.2) is 0 Å². The maximum absolute atomic E-state index is 2.34. The lowest BCUT2D eigenvalue weighted by Gasteiger charge is -2.35. The summed E-state index contributed by atoms with van der Waals surface area (Å²) in [6.45, 7) is 18.5. The molecule has 0 saturated heterocycles. The molecule has 0 radical (unpaired) electrons. The van der Waals surface area contributed by atoms with Crippen LogP contribution in [0.4, 0.5) is 0 Å². The van der Waals surface area contributed by atoms with Gasteiger partial charge in [0.2, 0.25) is 0 Å². The molecular weight excluding hydrogens is 216 g/mol. The summed E-state index contributed by atoms with van der Waals surface area (Å²) < 4.78 is 0. The van der Waals surface area contributed by atoms with Crippen LogP contribution in [0.25, 0.3) is 0 Å². The molecule has 1 aromatic carbocycles. The number of rotatable bonds is 2. The Bertz CT molecular complexity index is 368. The summed E-state index contributed by atoms with van der Waals surface area (Å²) >= 11 is 0. The maximum Gasteiger partial charge on any atom is -0.00902 e. The first-order valence-electron chi connectivity index (χ1n) is 7.14. The molecule has 0 nitrogen and oxygen atoms in total. The fourth-order valence-corrected chi connectivity index (χ4v) is 3.08. The van der Waals surface area contributed by atoms with E-state index in [1.165, 1.54) is 11.1 Å². The zero-order valence-electron chi connectivity index (χ0n) is 13.5. The smallest absolute Gasteiger partial charge is 0.00902 e. The fourth-order valence-electron chi connectivity index (χ4n) is 3.08. The molecule has 0 aliphatic carbocycles. The lowest BCUT2D eigenvalue weighted by Crippen LogP contribution is -2.23. The van der Waals surface area contributed by atoms with Gasteiger partial charge in [0, 0.05) is 0 Å². The molecule has 0 fully saturated rings. The molecule has 1 unspecified atom stereocenters. The third kappa shape index (κ3) is 3.60. The zero-order valence-corrected chi connectivity index (χ0v) is 13.5. The van der Waals surface area contributed by atoms with E-state index in [0.29, 0.717) is 17.3 Å². The van der Waals surface area contributed by atoms with E-state index in [0.717, 1.165) is 0 Å². The van der Waals surface area contributed by atoms with Crippen LogP contribution < -0.4 is 0 Å². The first-order chi connectivity index (χ1) is 8.03. The topological polar surface area (TPSA) is 0 Å². The molecule has 1 atom stereocenters. The summed E-state index contributed by atoms with van der Waals surface area (Å²) in [4.78, 5) is 0. The summed E-state index contributed by atoms with van der Waals surface area (Å²) in [5, 5.41) is 0. The van der Waals surface area contributed by atoms with Gasteiger partial charge in [0.1, 0.15) is 0 Å². The van der Waals surface area contributed by atoms with Crippen LogP contribution in [0, 0.1) is 11.3 Å². The molecule has 0 bridgehead atoms. The molecule has 0 spiro atoms. The summed E-state index contributed by atoms with van der Waals surface area (Å²) in [6.07, 6.45) is 0. The molecule has 0 saturated carbocycles. The predicted octanol–water partition coefficient (Wildman–Crippen LogP) is 5.77. The first kappa shape index (κ1) is 15.3. The predicted molar refractivity (Wildman–Crippen MR) is 82.2 cm³/mol. The van der Waals surface area contributed by atoms with Crippen LogP contribution in [0.15, 0.2) is 24.3 Å². The Labute approximate surface area is 114 Å². The molecule has 102 valence electrons. The second-order valence-electron chi connectivity index (χ2n) is 7.96. The van der Waals surface area contributed by atoms with Crippen LogP contribution in [-0.2, 0) is 5.41 Å². The van der Waals surface area contributed by atoms with Gasteiger partial charge in [-0.3, -0.25) is 0 Å². The zero-order chi connectivity index (χ0) is 14.1. The molecule has 0 aliphatic rings. The monoisotopic (exact) mass is 246 g/mol. The number of hydrogen-bond acceptors (Lipinski definition) is 0. The average Bonchev–Trinajstić information content (AvgIpc) is 2.13. The fraction of sp³-hybridized carbons (Fsp3) is 0.667. The average molecular weight is 246 g/mol. The van der Waals surface area contributed by atoms with Crippen LogP contribution in [0.1, 0.15) is 72.4 Å². The molecule has 0 amide bonds. The minimum atomic E-state index is 0.244. The van der Waals surface area contributed by atoms with Crippen molar-refractivity contribution in [3.63, 3.8) is 0 Å². The maximum atomic E-state index is 2.34. The third-order valence-corrected chi connectivity index (χ3v) is 3.74. The Balaban J connectivity index is 3.10. The van der Waals surface area contributed by atoms with Crippen LogP contribution in [0.2, 0.25) is 0 Å². The van der Waals surface area contributed by atoms with Crippen molar-refractivity contribution in [1.29, 1.82) is 0 Å². The van der Waals surface area contributed by atoms with Gasteiger partial charge in [-0.05, 0) is 33.8 Å². The molecule has 0 aromatic heterocycles. The Morgan fingerprint density at radius 2 is 1.22 bits per heavy atom. The van der Waals surface area contributed by atoms with E-state index in [1.54, 1.807) is 0 Å². The minimum Gasteiger partial charge on any atom is -0.0622 e. The molecule has 0 heterocycles. The first-order valence-corrected chi connectivity index (χ1v) is 7.14. The Kier molecular flexibility index (Phi) is 4.30. The summed E-state index contributed by atoms with van der Waals surface area (Å²) in [5.41, 5.74) is 3.46. The van der Waals surface area contributed by atoms with Crippen molar-refractivity contribution < 1.29 is 0 Å². The third-order valence-electron chi connectivity index (χ3n) is 3.74. The number of hydrogen-bond donors (Lipinski definition) is 0. The molecule has 0 N–H and O–H groups in total. The molecule has 1 rings (SSSR count). The molecule has 0 aliphatic heterocycles. The van der Waals surface area contributed by atoms with Crippen LogP contribution in [-0.4, -0.2) is 0 Å². The van der Waals surface area contributed by atoms with Gasteiger partial charge in [-0.25, -0.2) is 0 Å². The van der Waals surface area contributed by atoms with E-state index in [9.17, 15) is 0 Å². The van der Waals surface area contributed by atoms with Gasteiger partial charge in [-0.15, -0.1) is 0 Å². The van der Waals surface area contributed by atoms with Crippen molar-refractivity contribution in [1.82, 2.24) is 0 Å².